The van der Waals surface area contributed by atoms with Crippen molar-refractivity contribution in [3.05, 3.63) is 70.3 Å². The van der Waals surface area contributed by atoms with E-state index in [1.54, 1.807) is 18.2 Å². The fourth-order valence-corrected chi connectivity index (χ4v) is 2.62. The van der Waals surface area contributed by atoms with Crippen LogP contribution in [0.15, 0.2) is 42.5 Å². The van der Waals surface area contributed by atoms with Gasteiger partial charge in [0, 0.05) is 0 Å². The van der Waals surface area contributed by atoms with Crippen LogP contribution in [0.25, 0.3) is 0 Å². The number of hydrogen-bond donors (Lipinski definition) is 0. The SMILES string of the molecule is N#Cc1ccc(C(F)(F)F)c(CN2C(=O)c3ccccc3C2=O)c1. The van der Waals surface area contributed by atoms with Crippen molar-refractivity contribution in [3.8, 4) is 6.07 Å². The number of hydrogen-bond acceptors (Lipinski definition) is 3. The number of imide groups is 1. The number of alkyl halides is 3. The van der Waals surface area contributed by atoms with E-state index >= 15 is 0 Å². The van der Waals surface area contributed by atoms with E-state index in [9.17, 15) is 22.8 Å². The first-order valence-electron chi connectivity index (χ1n) is 6.88. The number of halogens is 3. The zero-order valence-corrected chi connectivity index (χ0v) is 12.1. The molecule has 7 heteroatoms. The number of nitriles is 1. The topological polar surface area (TPSA) is 61.2 Å². The maximum Gasteiger partial charge on any atom is 0.416 e. The van der Waals surface area contributed by atoms with Crippen LogP contribution in [-0.2, 0) is 12.7 Å². The molecule has 2 amide bonds. The average Bonchev–Trinajstić information content (AvgIpc) is 2.79. The van der Waals surface area contributed by atoms with Crippen molar-refractivity contribution in [2.45, 2.75) is 12.7 Å². The first-order valence-corrected chi connectivity index (χ1v) is 6.88. The van der Waals surface area contributed by atoms with E-state index in [-0.39, 0.29) is 22.3 Å². The van der Waals surface area contributed by atoms with Crippen LogP contribution in [0, 0.1) is 11.3 Å². The van der Waals surface area contributed by atoms with Crippen LogP contribution in [0.4, 0.5) is 13.2 Å². The summed E-state index contributed by atoms with van der Waals surface area (Å²) in [6, 6.07) is 10.7. The first-order chi connectivity index (χ1) is 11.3. The number of carbonyl (C=O) groups is 2. The monoisotopic (exact) mass is 330 g/mol. The Morgan fingerprint density at radius 3 is 2.08 bits per heavy atom. The third-order valence-corrected chi connectivity index (χ3v) is 3.75. The summed E-state index contributed by atoms with van der Waals surface area (Å²) in [5, 5.41) is 8.88. The lowest BCUT2D eigenvalue weighted by Crippen LogP contribution is -2.30. The lowest BCUT2D eigenvalue weighted by molar-refractivity contribution is -0.138. The molecule has 0 bridgehead atoms. The molecule has 0 unspecified atom stereocenters. The third-order valence-electron chi connectivity index (χ3n) is 3.75. The molecule has 2 aromatic carbocycles. The highest BCUT2D eigenvalue weighted by atomic mass is 19.4. The molecule has 0 aliphatic carbocycles. The van der Waals surface area contributed by atoms with E-state index in [4.69, 9.17) is 5.26 Å². The van der Waals surface area contributed by atoms with E-state index in [0.29, 0.717) is 0 Å². The van der Waals surface area contributed by atoms with Crippen LogP contribution in [-0.4, -0.2) is 16.7 Å². The van der Waals surface area contributed by atoms with Gasteiger partial charge in [0.25, 0.3) is 11.8 Å². The Kier molecular flexibility index (Phi) is 3.60. The van der Waals surface area contributed by atoms with Crippen LogP contribution in [0.5, 0.6) is 0 Å². The van der Waals surface area contributed by atoms with Gasteiger partial charge in [-0.25, -0.2) is 0 Å². The smallest absolute Gasteiger partial charge is 0.270 e. The summed E-state index contributed by atoms with van der Waals surface area (Å²) in [6.07, 6.45) is -4.65. The van der Waals surface area contributed by atoms with Crippen LogP contribution in [0.1, 0.15) is 37.4 Å². The van der Waals surface area contributed by atoms with E-state index in [1.165, 1.54) is 12.1 Å². The van der Waals surface area contributed by atoms with Crippen LogP contribution >= 0.6 is 0 Å². The molecule has 0 atom stereocenters. The molecule has 0 saturated carbocycles. The summed E-state index contributed by atoms with van der Waals surface area (Å²) in [4.78, 5) is 25.3. The van der Waals surface area contributed by atoms with Crippen molar-refractivity contribution in [1.29, 1.82) is 5.26 Å². The summed E-state index contributed by atoms with van der Waals surface area (Å²) in [5.41, 5.74) is -0.927. The van der Waals surface area contributed by atoms with Crippen LogP contribution in [0.3, 0.4) is 0 Å². The quantitative estimate of drug-likeness (QED) is 0.793. The van der Waals surface area contributed by atoms with Gasteiger partial charge < -0.3 is 0 Å². The fraction of sp³-hybridized carbons (Fsp3) is 0.118. The summed E-state index contributed by atoms with van der Waals surface area (Å²) in [7, 11) is 0. The Labute approximate surface area is 134 Å². The second kappa shape index (κ2) is 5.49. The van der Waals surface area contributed by atoms with E-state index in [0.717, 1.165) is 23.1 Å². The number of nitrogens with zero attached hydrogens (tertiary/aromatic N) is 2. The largest absolute Gasteiger partial charge is 0.416 e. The van der Waals surface area contributed by atoms with Gasteiger partial charge in [0.05, 0.1) is 34.9 Å². The summed E-state index contributed by atoms with van der Waals surface area (Å²) in [5.74, 6) is -1.29. The molecule has 0 N–H and O–H groups in total. The second-order valence-electron chi connectivity index (χ2n) is 5.22. The Hall–Kier alpha value is -3.14. The normalized spacial score (nSPS) is 13.8. The molecule has 0 radical (unpaired) electrons. The molecule has 1 heterocycles. The first kappa shape index (κ1) is 15.7. The number of benzene rings is 2. The number of rotatable bonds is 2. The van der Waals surface area contributed by atoms with Crippen molar-refractivity contribution in [3.63, 3.8) is 0 Å². The highest BCUT2D eigenvalue weighted by Gasteiger charge is 2.38. The van der Waals surface area contributed by atoms with Gasteiger partial charge in [0.1, 0.15) is 0 Å². The van der Waals surface area contributed by atoms with Crippen LogP contribution in [0.2, 0.25) is 0 Å². The maximum absolute atomic E-state index is 13.1. The minimum absolute atomic E-state index is 0.0228. The second-order valence-corrected chi connectivity index (χ2v) is 5.22. The summed E-state index contributed by atoms with van der Waals surface area (Å²) in [6.45, 7) is -0.545. The zero-order valence-electron chi connectivity index (χ0n) is 12.1. The molecular weight excluding hydrogens is 321 g/mol. The van der Waals surface area contributed by atoms with Crippen molar-refractivity contribution in [2.24, 2.45) is 0 Å². The van der Waals surface area contributed by atoms with Crippen LogP contribution < -0.4 is 0 Å². The highest BCUT2D eigenvalue weighted by molar-refractivity contribution is 6.21. The zero-order chi connectivity index (χ0) is 17.5. The number of carbonyl (C=O) groups excluding carboxylic acids is 2. The molecule has 24 heavy (non-hydrogen) atoms. The third kappa shape index (κ3) is 2.52. The van der Waals surface area contributed by atoms with Gasteiger partial charge in [-0.1, -0.05) is 12.1 Å². The molecule has 4 nitrogen and oxygen atoms in total. The van der Waals surface area contributed by atoms with E-state index in [2.05, 4.69) is 0 Å². The Morgan fingerprint density at radius 2 is 1.58 bits per heavy atom. The van der Waals surface area contributed by atoms with Gasteiger partial charge in [-0.3, -0.25) is 14.5 Å². The minimum Gasteiger partial charge on any atom is -0.270 e. The van der Waals surface area contributed by atoms with Crippen molar-refractivity contribution in [2.75, 3.05) is 0 Å². The molecule has 0 aromatic heterocycles. The van der Waals surface area contributed by atoms with Crippen molar-refractivity contribution >= 4 is 11.8 Å². The molecular formula is C17H9F3N2O2. The van der Waals surface area contributed by atoms with E-state index < -0.39 is 30.1 Å². The van der Waals surface area contributed by atoms with Gasteiger partial charge >= 0.3 is 6.18 Å². The van der Waals surface area contributed by atoms with Gasteiger partial charge in [-0.15, -0.1) is 0 Å². The molecule has 2 aromatic rings. The standard InChI is InChI=1S/C17H9F3N2O2/c18-17(19,20)14-6-5-10(8-21)7-11(14)9-22-15(23)12-3-1-2-4-13(12)16(22)24/h1-7H,9H2. The number of fused-ring (bicyclic) bond motifs is 1. The Balaban J connectivity index is 2.02. The molecule has 0 saturated heterocycles. The molecule has 3 rings (SSSR count). The Bertz CT molecular complexity index is 862. The summed E-state index contributed by atoms with van der Waals surface area (Å²) < 4.78 is 39.4. The predicted molar refractivity (Wildman–Crippen MR) is 76.8 cm³/mol. The lowest BCUT2D eigenvalue weighted by Gasteiger charge is -2.18. The highest BCUT2D eigenvalue weighted by Crippen LogP contribution is 2.34. The lowest BCUT2D eigenvalue weighted by atomic mass is 10.0. The van der Waals surface area contributed by atoms with Gasteiger partial charge in [-0.05, 0) is 35.9 Å². The molecule has 0 fully saturated rings. The fourth-order valence-electron chi connectivity index (χ4n) is 2.62. The molecule has 1 aliphatic heterocycles. The minimum atomic E-state index is -4.65. The Morgan fingerprint density at radius 1 is 1.00 bits per heavy atom. The van der Waals surface area contributed by atoms with Gasteiger partial charge in [-0.2, -0.15) is 18.4 Å². The average molecular weight is 330 g/mol. The van der Waals surface area contributed by atoms with E-state index in [1.807, 2.05) is 0 Å². The number of amides is 2. The molecule has 1 aliphatic rings. The van der Waals surface area contributed by atoms with Gasteiger partial charge in [0.15, 0.2) is 0 Å². The predicted octanol–water partition coefficient (Wildman–Crippen LogP) is 3.37. The molecule has 120 valence electrons. The van der Waals surface area contributed by atoms with Crippen molar-refractivity contribution in [1.82, 2.24) is 4.90 Å². The maximum atomic E-state index is 13.1. The molecule has 0 spiro atoms. The van der Waals surface area contributed by atoms with Crippen molar-refractivity contribution < 1.29 is 22.8 Å². The van der Waals surface area contributed by atoms with Gasteiger partial charge in [0.2, 0.25) is 0 Å². The summed E-state index contributed by atoms with van der Waals surface area (Å²) >= 11 is 0.